The van der Waals surface area contributed by atoms with Crippen LogP contribution in [0.1, 0.15) is 40.0 Å². The monoisotopic (exact) mass is 249 g/mol. The molecule has 1 aromatic rings. The van der Waals surface area contributed by atoms with Crippen LogP contribution in [-0.2, 0) is 4.84 Å². The second-order valence-corrected chi connectivity index (χ2v) is 4.22. The Morgan fingerprint density at radius 1 is 1.06 bits per heavy atom. The Labute approximate surface area is 105 Å². The van der Waals surface area contributed by atoms with Gasteiger partial charge in [-0.2, -0.15) is 0 Å². The molecule has 18 heavy (non-hydrogen) atoms. The summed E-state index contributed by atoms with van der Waals surface area (Å²) in [5, 5.41) is 10.6. The van der Waals surface area contributed by atoms with Crippen LogP contribution in [0.25, 0.3) is 0 Å². The van der Waals surface area contributed by atoms with E-state index >= 15 is 0 Å². The van der Waals surface area contributed by atoms with Gasteiger partial charge >= 0.3 is 11.9 Å². The fourth-order valence-electron chi connectivity index (χ4n) is 1.97. The van der Waals surface area contributed by atoms with Crippen molar-refractivity contribution >= 4 is 11.9 Å². The van der Waals surface area contributed by atoms with Crippen molar-refractivity contribution in [3.8, 4) is 0 Å². The number of carboxylic acids is 1. The molecule has 1 fully saturated rings. The molecule has 5 nitrogen and oxygen atoms in total. The molecule has 0 spiro atoms. The van der Waals surface area contributed by atoms with E-state index in [0.717, 1.165) is 19.3 Å². The number of hydrogen-bond acceptors (Lipinski definition) is 4. The molecule has 5 heteroatoms. The van der Waals surface area contributed by atoms with Crippen molar-refractivity contribution in [1.29, 1.82) is 0 Å². The molecule has 1 saturated heterocycles. The fourth-order valence-corrected chi connectivity index (χ4v) is 1.97. The van der Waals surface area contributed by atoms with Crippen LogP contribution in [0, 0.1) is 0 Å². The zero-order chi connectivity index (χ0) is 13.0. The summed E-state index contributed by atoms with van der Waals surface area (Å²) in [4.78, 5) is 28.1. The summed E-state index contributed by atoms with van der Waals surface area (Å²) in [6, 6.07) is 6.07. The number of carbonyl (C=O) groups excluding carboxylic acids is 1. The second kappa shape index (κ2) is 5.64. The van der Waals surface area contributed by atoms with E-state index < -0.39 is 11.9 Å². The molecular weight excluding hydrogens is 234 g/mol. The quantitative estimate of drug-likeness (QED) is 0.886. The van der Waals surface area contributed by atoms with Gasteiger partial charge in [-0.1, -0.05) is 18.6 Å². The molecule has 1 N–H and O–H groups in total. The highest BCUT2D eigenvalue weighted by Gasteiger charge is 2.21. The average molecular weight is 249 g/mol. The third kappa shape index (κ3) is 2.87. The number of benzene rings is 1. The highest BCUT2D eigenvalue weighted by atomic mass is 16.7. The van der Waals surface area contributed by atoms with E-state index in [-0.39, 0.29) is 11.1 Å². The molecule has 0 saturated carbocycles. The zero-order valence-corrected chi connectivity index (χ0v) is 9.96. The molecule has 96 valence electrons. The molecule has 0 bridgehead atoms. The van der Waals surface area contributed by atoms with Crippen molar-refractivity contribution in [2.75, 3.05) is 13.1 Å². The van der Waals surface area contributed by atoms with Gasteiger partial charge in [0, 0.05) is 13.1 Å². The summed E-state index contributed by atoms with van der Waals surface area (Å²) in [7, 11) is 0. The topological polar surface area (TPSA) is 66.8 Å². The standard InChI is InChI=1S/C13H15NO4/c15-12(16)10-6-2-3-7-11(10)13(17)18-14-8-4-1-5-9-14/h2-3,6-7H,1,4-5,8-9H2,(H,15,16). The highest BCUT2D eigenvalue weighted by molar-refractivity contribution is 6.02. The first-order chi connectivity index (χ1) is 8.68. The van der Waals surface area contributed by atoms with Crippen LogP contribution in [-0.4, -0.2) is 35.2 Å². The first-order valence-electron chi connectivity index (χ1n) is 5.98. The van der Waals surface area contributed by atoms with Gasteiger partial charge in [0.15, 0.2) is 0 Å². The van der Waals surface area contributed by atoms with Crippen molar-refractivity contribution in [3.63, 3.8) is 0 Å². The average Bonchev–Trinajstić information content (AvgIpc) is 2.40. The van der Waals surface area contributed by atoms with E-state index in [1.807, 2.05) is 0 Å². The van der Waals surface area contributed by atoms with Crippen LogP contribution < -0.4 is 0 Å². The van der Waals surface area contributed by atoms with Gasteiger partial charge in [-0.05, 0) is 25.0 Å². The van der Waals surface area contributed by atoms with Crippen molar-refractivity contribution in [3.05, 3.63) is 35.4 Å². The van der Waals surface area contributed by atoms with E-state index in [2.05, 4.69) is 0 Å². The SMILES string of the molecule is O=C(O)c1ccccc1C(=O)ON1CCCCC1. The summed E-state index contributed by atoms with van der Waals surface area (Å²) in [6.07, 6.45) is 3.13. The van der Waals surface area contributed by atoms with Crippen molar-refractivity contribution in [1.82, 2.24) is 5.06 Å². The second-order valence-electron chi connectivity index (χ2n) is 4.22. The number of hydroxylamine groups is 2. The summed E-state index contributed by atoms with van der Waals surface area (Å²) < 4.78 is 0. The lowest BCUT2D eigenvalue weighted by Crippen LogP contribution is -2.32. The Bertz CT molecular complexity index is 452. The van der Waals surface area contributed by atoms with Crippen LogP contribution in [0.5, 0.6) is 0 Å². The van der Waals surface area contributed by atoms with E-state index in [9.17, 15) is 9.59 Å². The molecule has 2 rings (SSSR count). The Morgan fingerprint density at radius 3 is 2.28 bits per heavy atom. The third-order valence-corrected chi connectivity index (χ3v) is 2.90. The normalized spacial score (nSPS) is 16.2. The van der Waals surface area contributed by atoms with Crippen molar-refractivity contribution in [2.24, 2.45) is 0 Å². The van der Waals surface area contributed by atoms with Crippen LogP contribution in [0.2, 0.25) is 0 Å². The maximum absolute atomic E-state index is 11.9. The molecule has 1 heterocycles. The van der Waals surface area contributed by atoms with Gasteiger partial charge in [-0.15, -0.1) is 5.06 Å². The Morgan fingerprint density at radius 2 is 1.67 bits per heavy atom. The number of rotatable bonds is 3. The van der Waals surface area contributed by atoms with Gasteiger partial charge in [0.05, 0.1) is 11.1 Å². The van der Waals surface area contributed by atoms with E-state index in [0.29, 0.717) is 13.1 Å². The van der Waals surface area contributed by atoms with E-state index in [1.165, 1.54) is 12.1 Å². The fraction of sp³-hybridized carbons (Fsp3) is 0.385. The van der Waals surface area contributed by atoms with Crippen LogP contribution in [0.15, 0.2) is 24.3 Å². The summed E-state index contributed by atoms with van der Waals surface area (Å²) in [6.45, 7) is 1.42. The predicted molar refractivity (Wildman–Crippen MR) is 64.2 cm³/mol. The molecule has 1 aliphatic heterocycles. The van der Waals surface area contributed by atoms with Gasteiger partial charge in [-0.3, -0.25) is 0 Å². The molecular formula is C13H15NO4. The molecule has 0 radical (unpaired) electrons. The number of aromatic carboxylic acids is 1. The number of carboxylic acid groups (broad SMARTS) is 1. The minimum Gasteiger partial charge on any atom is -0.478 e. The van der Waals surface area contributed by atoms with Gasteiger partial charge in [-0.25, -0.2) is 9.59 Å². The molecule has 0 aromatic heterocycles. The summed E-state index contributed by atoms with van der Waals surface area (Å²) >= 11 is 0. The lowest BCUT2D eigenvalue weighted by molar-refractivity contribution is -0.119. The third-order valence-electron chi connectivity index (χ3n) is 2.90. The predicted octanol–water partition coefficient (Wildman–Crippen LogP) is 1.94. The minimum absolute atomic E-state index is 0.0282. The first-order valence-corrected chi connectivity index (χ1v) is 5.98. The zero-order valence-electron chi connectivity index (χ0n) is 9.96. The van der Waals surface area contributed by atoms with Gasteiger partial charge in [0.2, 0.25) is 0 Å². The largest absolute Gasteiger partial charge is 0.478 e. The highest BCUT2D eigenvalue weighted by Crippen LogP contribution is 2.14. The maximum atomic E-state index is 11.9. The lowest BCUT2D eigenvalue weighted by atomic mass is 10.1. The number of nitrogens with zero attached hydrogens (tertiary/aromatic N) is 1. The van der Waals surface area contributed by atoms with Gasteiger partial charge < -0.3 is 9.94 Å². The lowest BCUT2D eigenvalue weighted by Gasteiger charge is -2.24. The molecule has 0 atom stereocenters. The van der Waals surface area contributed by atoms with Crippen molar-refractivity contribution < 1.29 is 19.5 Å². The van der Waals surface area contributed by atoms with Crippen LogP contribution >= 0.6 is 0 Å². The Balaban J connectivity index is 2.10. The Hall–Kier alpha value is -1.88. The summed E-state index contributed by atoms with van der Waals surface area (Å²) in [5.41, 5.74) is 0.0649. The maximum Gasteiger partial charge on any atom is 0.357 e. The molecule has 0 unspecified atom stereocenters. The number of piperidine rings is 1. The summed E-state index contributed by atoms with van der Waals surface area (Å²) in [5.74, 6) is -1.73. The Kier molecular flexibility index (Phi) is 3.94. The van der Waals surface area contributed by atoms with Crippen molar-refractivity contribution in [2.45, 2.75) is 19.3 Å². The van der Waals surface area contributed by atoms with E-state index in [1.54, 1.807) is 17.2 Å². The molecule has 0 aliphatic carbocycles. The smallest absolute Gasteiger partial charge is 0.357 e. The number of hydrogen-bond donors (Lipinski definition) is 1. The van der Waals surface area contributed by atoms with Crippen LogP contribution in [0.4, 0.5) is 0 Å². The van der Waals surface area contributed by atoms with Crippen LogP contribution in [0.3, 0.4) is 0 Å². The molecule has 1 aromatic carbocycles. The van der Waals surface area contributed by atoms with Gasteiger partial charge in [0.1, 0.15) is 0 Å². The van der Waals surface area contributed by atoms with E-state index in [4.69, 9.17) is 9.94 Å². The first kappa shape index (κ1) is 12.6. The number of carbonyl (C=O) groups is 2. The molecule has 1 aliphatic rings. The minimum atomic E-state index is -1.12. The molecule has 0 amide bonds. The van der Waals surface area contributed by atoms with Gasteiger partial charge in [0.25, 0.3) is 0 Å².